The Bertz CT molecular complexity index is 700. The number of carbonyl (C=O) groups excluding carboxylic acids is 2. The number of anilines is 1. The van der Waals surface area contributed by atoms with Crippen molar-refractivity contribution in [2.75, 3.05) is 5.32 Å². The largest absolute Gasteiger partial charge is 0.455 e. The normalized spacial score (nSPS) is 21.3. The summed E-state index contributed by atoms with van der Waals surface area (Å²) >= 11 is 0. The maximum atomic E-state index is 12.4. The summed E-state index contributed by atoms with van der Waals surface area (Å²) < 4.78 is 7.06. The summed E-state index contributed by atoms with van der Waals surface area (Å²) in [5.74, 6) is 0.321. The summed E-state index contributed by atoms with van der Waals surface area (Å²) in [7, 11) is 0. The van der Waals surface area contributed by atoms with Crippen LogP contribution in [0.5, 0.6) is 0 Å². The Morgan fingerprint density at radius 3 is 2.76 bits per heavy atom. The van der Waals surface area contributed by atoms with Crippen molar-refractivity contribution in [1.82, 2.24) is 9.78 Å². The molecule has 0 unspecified atom stereocenters. The van der Waals surface area contributed by atoms with Gasteiger partial charge >= 0.3 is 5.97 Å². The van der Waals surface area contributed by atoms with Gasteiger partial charge in [-0.25, -0.2) is 9.48 Å². The fourth-order valence-electron chi connectivity index (χ4n) is 2.70. The first-order chi connectivity index (χ1) is 11.7. The first-order valence-corrected chi connectivity index (χ1v) is 8.55. The van der Waals surface area contributed by atoms with Crippen molar-refractivity contribution < 1.29 is 19.2 Å². The molecule has 2 aliphatic rings. The summed E-state index contributed by atoms with van der Waals surface area (Å²) in [6.07, 6.45) is 3.28. The second kappa shape index (κ2) is 6.50. The van der Waals surface area contributed by atoms with Crippen LogP contribution in [0.15, 0.2) is 17.4 Å². The number of nitrogens with one attached hydrogen (secondary N) is 1. The number of oxime groups is 1. The summed E-state index contributed by atoms with van der Waals surface area (Å²) in [5.41, 5.74) is -0.499. The van der Waals surface area contributed by atoms with Crippen LogP contribution in [-0.2, 0) is 19.2 Å². The fourth-order valence-corrected chi connectivity index (χ4v) is 2.70. The number of rotatable bonds is 5. The SMILES string of the molecule is C[C@H](C1CC1)n1nccc1NC(=O)[C@H]1CC(C(=O)OC(C)(C)C)=NO1. The Hall–Kier alpha value is -2.38. The number of esters is 1. The first kappa shape index (κ1) is 17.4. The minimum absolute atomic E-state index is 0.0903. The number of nitrogens with zero attached hydrogens (tertiary/aromatic N) is 3. The second-order valence-electron chi connectivity index (χ2n) is 7.57. The zero-order chi connectivity index (χ0) is 18.2. The minimum Gasteiger partial charge on any atom is -0.455 e. The van der Waals surface area contributed by atoms with Gasteiger partial charge in [0.15, 0.2) is 5.71 Å². The van der Waals surface area contributed by atoms with E-state index in [1.54, 1.807) is 33.0 Å². The van der Waals surface area contributed by atoms with Gasteiger partial charge in [-0.15, -0.1) is 0 Å². The number of hydrogen-bond donors (Lipinski definition) is 1. The summed E-state index contributed by atoms with van der Waals surface area (Å²) in [5, 5.41) is 10.8. The molecule has 136 valence electrons. The molecule has 3 rings (SSSR count). The summed E-state index contributed by atoms with van der Waals surface area (Å²) in [6.45, 7) is 7.41. The van der Waals surface area contributed by atoms with E-state index in [9.17, 15) is 9.59 Å². The van der Waals surface area contributed by atoms with Gasteiger partial charge in [-0.2, -0.15) is 5.10 Å². The Labute approximate surface area is 146 Å². The third kappa shape index (κ3) is 4.18. The monoisotopic (exact) mass is 348 g/mol. The van der Waals surface area contributed by atoms with Crippen molar-refractivity contribution in [3.05, 3.63) is 12.3 Å². The van der Waals surface area contributed by atoms with Crippen molar-refractivity contribution >= 4 is 23.4 Å². The molecule has 25 heavy (non-hydrogen) atoms. The zero-order valence-corrected chi connectivity index (χ0v) is 15.0. The quantitative estimate of drug-likeness (QED) is 0.824. The number of ether oxygens (including phenoxy) is 1. The van der Waals surface area contributed by atoms with Crippen LogP contribution in [0.1, 0.15) is 53.0 Å². The molecule has 2 heterocycles. The van der Waals surface area contributed by atoms with Crippen molar-refractivity contribution in [2.24, 2.45) is 11.1 Å². The molecule has 1 aromatic heterocycles. The highest BCUT2D eigenvalue weighted by Crippen LogP contribution is 2.40. The zero-order valence-electron chi connectivity index (χ0n) is 15.0. The average molecular weight is 348 g/mol. The van der Waals surface area contributed by atoms with Crippen LogP contribution in [0.4, 0.5) is 5.82 Å². The maximum absolute atomic E-state index is 12.4. The molecule has 2 atom stereocenters. The number of amides is 1. The topological polar surface area (TPSA) is 94.8 Å². The molecule has 0 radical (unpaired) electrons. The Morgan fingerprint density at radius 1 is 1.40 bits per heavy atom. The highest BCUT2D eigenvalue weighted by Gasteiger charge is 2.35. The van der Waals surface area contributed by atoms with Gasteiger partial charge in [-0.3, -0.25) is 4.79 Å². The molecule has 8 nitrogen and oxygen atoms in total. The second-order valence-corrected chi connectivity index (χ2v) is 7.57. The molecular weight excluding hydrogens is 324 g/mol. The lowest BCUT2D eigenvalue weighted by atomic mass is 10.1. The van der Waals surface area contributed by atoms with E-state index in [-0.39, 0.29) is 24.1 Å². The highest BCUT2D eigenvalue weighted by molar-refractivity contribution is 6.37. The van der Waals surface area contributed by atoms with Gasteiger partial charge in [0.05, 0.1) is 12.2 Å². The molecule has 8 heteroatoms. The molecule has 1 saturated carbocycles. The fraction of sp³-hybridized carbons (Fsp3) is 0.647. The predicted molar refractivity (Wildman–Crippen MR) is 91.1 cm³/mol. The van der Waals surface area contributed by atoms with E-state index in [4.69, 9.17) is 9.57 Å². The third-order valence-electron chi connectivity index (χ3n) is 4.21. The van der Waals surface area contributed by atoms with Gasteiger partial charge in [0.2, 0.25) is 6.10 Å². The van der Waals surface area contributed by atoms with Crippen LogP contribution in [-0.4, -0.2) is 39.1 Å². The van der Waals surface area contributed by atoms with E-state index in [0.29, 0.717) is 11.7 Å². The molecule has 0 spiro atoms. The van der Waals surface area contributed by atoms with Crippen LogP contribution in [0.25, 0.3) is 0 Å². The van der Waals surface area contributed by atoms with Crippen LogP contribution in [0.3, 0.4) is 0 Å². The Morgan fingerprint density at radius 2 is 2.12 bits per heavy atom. The van der Waals surface area contributed by atoms with E-state index in [0.717, 1.165) is 0 Å². The standard InChI is InChI=1S/C17H24N4O4/c1-10(11-5-6-11)21-14(7-8-18-21)19-15(22)13-9-12(20-25-13)16(23)24-17(2,3)4/h7-8,10-11,13H,5-6,9H2,1-4H3,(H,19,22)/t10-,13-/m1/s1. The molecule has 0 aromatic carbocycles. The Balaban J connectivity index is 1.57. The van der Waals surface area contributed by atoms with Gasteiger partial charge in [0.25, 0.3) is 5.91 Å². The molecule has 0 bridgehead atoms. The van der Waals surface area contributed by atoms with Gasteiger partial charge in [0.1, 0.15) is 11.4 Å². The average Bonchev–Trinajstić information content (AvgIpc) is 3.06. The number of hydrogen-bond acceptors (Lipinski definition) is 6. The lowest BCUT2D eigenvalue weighted by Gasteiger charge is -2.18. The van der Waals surface area contributed by atoms with Crippen molar-refractivity contribution in [2.45, 2.75) is 64.7 Å². The Kier molecular flexibility index (Phi) is 4.53. The first-order valence-electron chi connectivity index (χ1n) is 8.55. The van der Waals surface area contributed by atoms with Crippen LogP contribution in [0, 0.1) is 5.92 Å². The molecular formula is C17H24N4O4. The van der Waals surface area contributed by atoms with Gasteiger partial charge in [-0.1, -0.05) is 5.16 Å². The van der Waals surface area contributed by atoms with Gasteiger partial charge < -0.3 is 14.9 Å². The molecule has 1 N–H and O–H groups in total. The summed E-state index contributed by atoms with van der Waals surface area (Å²) in [6, 6.07) is 1.99. The van der Waals surface area contributed by atoms with E-state index < -0.39 is 17.7 Å². The molecule has 1 aliphatic carbocycles. The third-order valence-corrected chi connectivity index (χ3v) is 4.21. The molecule has 1 fully saturated rings. The van der Waals surface area contributed by atoms with Crippen molar-refractivity contribution in [3.8, 4) is 0 Å². The van der Waals surface area contributed by atoms with Crippen LogP contribution < -0.4 is 5.32 Å². The minimum atomic E-state index is -0.845. The van der Waals surface area contributed by atoms with E-state index >= 15 is 0 Å². The predicted octanol–water partition coefficient (Wildman–Crippen LogP) is 2.28. The number of carbonyl (C=O) groups is 2. The van der Waals surface area contributed by atoms with E-state index in [2.05, 4.69) is 22.5 Å². The van der Waals surface area contributed by atoms with E-state index in [1.165, 1.54) is 12.8 Å². The summed E-state index contributed by atoms with van der Waals surface area (Å²) in [4.78, 5) is 29.5. The highest BCUT2D eigenvalue weighted by atomic mass is 16.7. The van der Waals surface area contributed by atoms with Gasteiger partial charge in [-0.05, 0) is 46.5 Å². The van der Waals surface area contributed by atoms with Crippen molar-refractivity contribution in [3.63, 3.8) is 0 Å². The van der Waals surface area contributed by atoms with Crippen molar-refractivity contribution in [1.29, 1.82) is 0 Å². The van der Waals surface area contributed by atoms with E-state index in [1.807, 2.05) is 4.68 Å². The number of aromatic nitrogens is 2. The smallest absolute Gasteiger partial charge is 0.356 e. The molecule has 0 saturated heterocycles. The molecule has 1 aromatic rings. The van der Waals surface area contributed by atoms with Crippen LogP contribution in [0.2, 0.25) is 0 Å². The lowest BCUT2D eigenvalue weighted by Crippen LogP contribution is -2.32. The molecule has 1 amide bonds. The molecule has 1 aliphatic heterocycles. The lowest BCUT2D eigenvalue weighted by molar-refractivity contribution is -0.146. The van der Waals surface area contributed by atoms with Gasteiger partial charge in [0, 0.05) is 12.5 Å². The van der Waals surface area contributed by atoms with Crippen LogP contribution >= 0.6 is 0 Å². The maximum Gasteiger partial charge on any atom is 0.356 e.